The van der Waals surface area contributed by atoms with E-state index in [1.54, 1.807) is 0 Å². The number of hydrogen-bond donors (Lipinski definition) is 3. The van der Waals surface area contributed by atoms with Crippen LogP contribution >= 0.6 is 0 Å². The summed E-state index contributed by atoms with van der Waals surface area (Å²) >= 11 is 0. The van der Waals surface area contributed by atoms with Crippen molar-refractivity contribution in [2.75, 3.05) is 0 Å². The van der Waals surface area contributed by atoms with Gasteiger partial charge in [-0.3, -0.25) is 0 Å². The summed E-state index contributed by atoms with van der Waals surface area (Å²) in [5.41, 5.74) is 3.04. The first-order chi connectivity index (χ1) is 17.9. The summed E-state index contributed by atoms with van der Waals surface area (Å²) < 4.78 is 0. The number of aryl methyl sites for hydroxylation is 1. The van der Waals surface area contributed by atoms with Crippen molar-refractivity contribution in [1.29, 1.82) is 0 Å². The lowest BCUT2D eigenvalue weighted by Crippen LogP contribution is -2.43. The molecule has 212 valence electrons. The van der Waals surface area contributed by atoms with Gasteiger partial charge >= 0.3 is 0 Å². The monoisotopic (exact) mass is 526 g/mol. The van der Waals surface area contributed by atoms with Crippen molar-refractivity contribution in [3.05, 3.63) is 41.8 Å². The summed E-state index contributed by atoms with van der Waals surface area (Å²) in [7, 11) is 0. The lowest BCUT2D eigenvalue weighted by molar-refractivity contribution is 0.0110. The topological polar surface area (TPSA) is 104 Å². The van der Waals surface area contributed by atoms with E-state index < -0.39 is 17.8 Å². The highest BCUT2D eigenvalue weighted by Gasteiger charge is 2.57. The standard InChI is InChI=1S/C31H50N4O3/c1-21(9-7-15-29(3,4)38)26-13-17-30(5)24(10-8-16-31(26,30)6)12-11-23-19-27(36)25(28(37)22(23)2)14-18-35-33-20-32-34-35/h11-12,20-21,25-28,36-38H,2,7-10,13-19H2,1,3-6H3/b23-11-,24-12-/t21-,25+,26-,27-,28-,30+,31-/m1/s1. The molecule has 3 saturated carbocycles. The highest BCUT2D eigenvalue weighted by molar-refractivity contribution is 5.40. The molecule has 7 heteroatoms. The summed E-state index contributed by atoms with van der Waals surface area (Å²) in [4.78, 5) is 1.49. The van der Waals surface area contributed by atoms with E-state index in [-0.39, 0.29) is 16.7 Å². The third kappa shape index (κ3) is 5.85. The van der Waals surface area contributed by atoms with E-state index in [1.165, 1.54) is 48.8 Å². The zero-order chi connectivity index (χ0) is 27.7. The van der Waals surface area contributed by atoms with Crippen LogP contribution in [0.1, 0.15) is 98.8 Å². The molecule has 7 nitrogen and oxygen atoms in total. The number of aliphatic hydroxyl groups excluding tert-OH is 2. The van der Waals surface area contributed by atoms with E-state index in [1.807, 2.05) is 13.8 Å². The second kappa shape index (κ2) is 11.3. The summed E-state index contributed by atoms with van der Waals surface area (Å²) in [5, 5.41) is 43.7. The van der Waals surface area contributed by atoms with Gasteiger partial charge in [0.15, 0.2) is 6.33 Å². The average Bonchev–Trinajstić information content (AvgIpc) is 3.45. The molecule has 3 aliphatic rings. The molecule has 0 aliphatic heterocycles. The van der Waals surface area contributed by atoms with Crippen LogP contribution in [0.5, 0.6) is 0 Å². The maximum Gasteiger partial charge on any atom is 0.162 e. The fourth-order valence-corrected chi connectivity index (χ4v) is 8.05. The number of rotatable bonds is 9. The predicted octanol–water partition coefficient (Wildman–Crippen LogP) is 5.40. The molecular formula is C31H50N4O3. The fourth-order valence-electron chi connectivity index (χ4n) is 8.05. The molecule has 1 heterocycles. The molecule has 0 aromatic carbocycles. The Kier molecular flexibility index (Phi) is 8.70. The number of aromatic nitrogens is 4. The number of hydrogen-bond acceptors (Lipinski definition) is 6. The normalized spacial score (nSPS) is 37.1. The third-order valence-corrected chi connectivity index (χ3v) is 10.7. The van der Waals surface area contributed by atoms with Crippen molar-refractivity contribution in [2.45, 2.75) is 123 Å². The van der Waals surface area contributed by atoms with Gasteiger partial charge in [0.05, 0.1) is 24.4 Å². The van der Waals surface area contributed by atoms with Crippen molar-refractivity contribution in [3.63, 3.8) is 0 Å². The Bertz CT molecular complexity index is 1030. The molecule has 3 fully saturated rings. The molecule has 0 spiro atoms. The van der Waals surface area contributed by atoms with Gasteiger partial charge < -0.3 is 15.3 Å². The zero-order valence-corrected chi connectivity index (χ0v) is 24.2. The van der Waals surface area contributed by atoms with Gasteiger partial charge in [-0.2, -0.15) is 4.80 Å². The fraction of sp³-hybridized carbons (Fsp3) is 0.774. The number of aliphatic hydroxyl groups is 3. The first-order valence-corrected chi connectivity index (χ1v) is 14.7. The van der Waals surface area contributed by atoms with Crippen LogP contribution in [0.25, 0.3) is 0 Å². The van der Waals surface area contributed by atoms with Crippen LogP contribution in [0.2, 0.25) is 0 Å². The Labute approximate surface area is 229 Å². The smallest absolute Gasteiger partial charge is 0.162 e. The minimum atomic E-state index is -0.778. The molecule has 0 radical (unpaired) electrons. The summed E-state index contributed by atoms with van der Waals surface area (Å²) in [6.45, 7) is 16.0. The molecule has 1 aromatic rings. The summed E-state index contributed by atoms with van der Waals surface area (Å²) in [6.07, 6.45) is 14.7. The molecule has 0 bridgehead atoms. The minimum absolute atomic E-state index is 0.165. The van der Waals surface area contributed by atoms with Crippen molar-refractivity contribution in [1.82, 2.24) is 20.2 Å². The predicted molar refractivity (Wildman–Crippen MR) is 150 cm³/mol. The molecular weight excluding hydrogens is 476 g/mol. The lowest BCUT2D eigenvalue weighted by Gasteiger charge is -2.51. The summed E-state index contributed by atoms with van der Waals surface area (Å²) in [5.74, 6) is 1.05. The first kappa shape index (κ1) is 29.2. The molecule has 3 N–H and O–H groups in total. The molecule has 7 atom stereocenters. The van der Waals surface area contributed by atoms with Crippen LogP contribution in [0.15, 0.2) is 41.8 Å². The Balaban J connectivity index is 1.45. The van der Waals surface area contributed by atoms with Gasteiger partial charge in [-0.15, -0.1) is 10.2 Å². The lowest BCUT2D eigenvalue weighted by atomic mass is 9.53. The van der Waals surface area contributed by atoms with Gasteiger partial charge in [0.25, 0.3) is 0 Å². The second-order valence-electron chi connectivity index (χ2n) is 13.5. The molecule has 3 aliphatic carbocycles. The molecule has 1 aromatic heterocycles. The molecule has 38 heavy (non-hydrogen) atoms. The van der Waals surface area contributed by atoms with Crippen molar-refractivity contribution in [3.8, 4) is 0 Å². The SMILES string of the molecule is C=C1/C(=C\C=C2\CCC[C@]3(C)[C@@H]([C@H](C)CCCC(C)(C)O)CC[C@@]23C)C[C@@H](O)[C@H](CCn2ncnn2)[C@@H]1O. The summed E-state index contributed by atoms with van der Waals surface area (Å²) in [6, 6.07) is 0. The van der Waals surface area contributed by atoms with Gasteiger partial charge in [0.1, 0.15) is 0 Å². The zero-order valence-electron chi connectivity index (χ0n) is 24.2. The van der Waals surface area contributed by atoms with Crippen LogP contribution < -0.4 is 0 Å². The minimum Gasteiger partial charge on any atom is -0.392 e. The Hall–Kier alpha value is -1.83. The molecule has 0 amide bonds. The van der Waals surface area contributed by atoms with Gasteiger partial charge in [-0.25, -0.2) is 0 Å². The van der Waals surface area contributed by atoms with Gasteiger partial charge in [-0.1, -0.05) is 57.9 Å². The highest BCUT2D eigenvalue weighted by atomic mass is 16.3. The van der Waals surface area contributed by atoms with Gasteiger partial charge in [0.2, 0.25) is 0 Å². The highest BCUT2D eigenvalue weighted by Crippen LogP contribution is 2.67. The average molecular weight is 527 g/mol. The molecule has 0 saturated heterocycles. The number of tetrazole rings is 1. The van der Waals surface area contributed by atoms with E-state index in [4.69, 9.17) is 0 Å². The van der Waals surface area contributed by atoms with E-state index in [9.17, 15) is 15.3 Å². The Morgan fingerprint density at radius 3 is 2.68 bits per heavy atom. The van der Waals surface area contributed by atoms with Crippen LogP contribution in [0.4, 0.5) is 0 Å². The maximum atomic E-state index is 11.0. The van der Waals surface area contributed by atoms with Crippen LogP contribution in [-0.2, 0) is 6.54 Å². The van der Waals surface area contributed by atoms with E-state index in [0.29, 0.717) is 31.2 Å². The van der Waals surface area contributed by atoms with Crippen molar-refractivity contribution >= 4 is 0 Å². The third-order valence-electron chi connectivity index (χ3n) is 10.7. The molecule has 0 unspecified atom stereocenters. The van der Waals surface area contributed by atoms with Crippen LogP contribution in [0, 0.1) is 28.6 Å². The Morgan fingerprint density at radius 1 is 1.24 bits per heavy atom. The number of fused-ring (bicyclic) bond motifs is 1. The maximum absolute atomic E-state index is 11.0. The van der Waals surface area contributed by atoms with Crippen LogP contribution in [-0.4, -0.2) is 53.3 Å². The van der Waals surface area contributed by atoms with E-state index in [0.717, 1.165) is 30.4 Å². The van der Waals surface area contributed by atoms with Gasteiger partial charge in [0, 0.05) is 5.92 Å². The second-order valence-corrected chi connectivity index (χ2v) is 13.5. The largest absolute Gasteiger partial charge is 0.392 e. The van der Waals surface area contributed by atoms with Crippen LogP contribution in [0.3, 0.4) is 0 Å². The number of allylic oxidation sites excluding steroid dienone is 3. The Morgan fingerprint density at radius 2 is 2.00 bits per heavy atom. The van der Waals surface area contributed by atoms with E-state index in [2.05, 4.69) is 54.9 Å². The van der Waals surface area contributed by atoms with Crippen molar-refractivity contribution in [2.24, 2.45) is 28.6 Å². The van der Waals surface area contributed by atoms with Crippen molar-refractivity contribution < 1.29 is 15.3 Å². The van der Waals surface area contributed by atoms with E-state index >= 15 is 0 Å². The quantitative estimate of drug-likeness (QED) is 0.398. The molecule has 4 rings (SSSR count). The number of nitrogens with zero attached hydrogens (tertiary/aromatic N) is 4. The first-order valence-electron chi connectivity index (χ1n) is 14.7. The van der Waals surface area contributed by atoms with Gasteiger partial charge in [-0.05, 0) is 104 Å².